The van der Waals surface area contributed by atoms with Gasteiger partial charge in [-0.05, 0) is 30.3 Å². The number of terminal acetylenes is 1. The second-order valence-electron chi connectivity index (χ2n) is 6.97. The van der Waals surface area contributed by atoms with Crippen molar-refractivity contribution >= 4 is 29.1 Å². The Hall–Kier alpha value is -3.73. The molecular formula is C22H19F2N3O3. The van der Waals surface area contributed by atoms with Crippen LogP contribution >= 0.6 is 0 Å². The van der Waals surface area contributed by atoms with Crippen LogP contribution in [0.5, 0.6) is 0 Å². The Balaban J connectivity index is 1.61. The Morgan fingerprint density at radius 1 is 1.27 bits per heavy atom. The van der Waals surface area contributed by atoms with E-state index in [2.05, 4.69) is 11.2 Å². The summed E-state index contributed by atoms with van der Waals surface area (Å²) in [6.45, 7) is -0.273. The Morgan fingerprint density at radius 3 is 2.73 bits per heavy atom. The first-order valence-electron chi connectivity index (χ1n) is 9.15. The number of nitrogens with zero attached hydrogens (tertiary/aromatic N) is 2. The van der Waals surface area contributed by atoms with Crippen molar-refractivity contribution in [2.45, 2.75) is 6.42 Å². The molecule has 30 heavy (non-hydrogen) atoms. The van der Waals surface area contributed by atoms with E-state index in [-0.39, 0.29) is 25.2 Å². The van der Waals surface area contributed by atoms with Crippen LogP contribution in [0.3, 0.4) is 0 Å². The lowest BCUT2D eigenvalue weighted by Crippen LogP contribution is -2.39. The molecule has 1 atom stereocenters. The van der Waals surface area contributed by atoms with Crippen LogP contribution in [-0.4, -0.2) is 42.8 Å². The number of rotatable bonds is 5. The van der Waals surface area contributed by atoms with Gasteiger partial charge in [0.25, 0.3) is 0 Å². The molecule has 0 radical (unpaired) electrons. The van der Waals surface area contributed by atoms with Crippen molar-refractivity contribution in [1.29, 1.82) is 0 Å². The molecule has 6 nitrogen and oxygen atoms in total. The number of nitrogens with one attached hydrogen (secondary N) is 1. The highest BCUT2D eigenvalue weighted by Crippen LogP contribution is 2.28. The minimum atomic E-state index is -0.876. The average molecular weight is 411 g/mol. The second-order valence-corrected chi connectivity index (χ2v) is 6.97. The van der Waals surface area contributed by atoms with E-state index < -0.39 is 35.3 Å². The van der Waals surface area contributed by atoms with E-state index in [1.165, 1.54) is 11.9 Å². The van der Waals surface area contributed by atoms with Crippen LogP contribution in [0, 0.1) is 29.9 Å². The molecule has 1 aliphatic heterocycles. The molecule has 1 saturated heterocycles. The molecule has 8 heteroatoms. The van der Waals surface area contributed by atoms with E-state index in [1.54, 1.807) is 24.3 Å². The number of carbonyl (C=O) groups is 3. The lowest BCUT2D eigenvalue weighted by molar-refractivity contribution is -0.137. The third kappa shape index (κ3) is 4.63. The van der Waals surface area contributed by atoms with Gasteiger partial charge in [-0.3, -0.25) is 14.4 Å². The van der Waals surface area contributed by atoms with Gasteiger partial charge < -0.3 is 15.1 Å². The van der Waals surface area contributed by atoms with Gasteiger partial charge in [0.1, 0.15) is 11.6 Å². The predicted molar refractivity (Wildman–Crippen MR) is 107 cm³/mol. The average Bonchev–Trinajstić information content (AvgIpc) is 3.08. The maximum absolute atomic E-state index is 14.0. The zero-order valence-corrected chi connectivity index (χ0v) is 16.2. The molecule has 0 aliphatic carbocycles. The largest absolute Gasteiger partial charge is 0.336 e. The van der Waals surface area contributed by atoms with E-state index in [1.807, 2.05) is 0 Å². The number of anilines is 2. The van der Waals surface area contributed by atoms with Crippen molar-refractivity contribution in [3.05, 3.63) is 59.7 Å². The summed E-state index contributed by atoms with van der Waals surface area (Å²) in [7, 11) is 1.45. The van der Waals surface area contributed by atoms with Crippen molar-refractivity contribution < 1.29 is 23.2 Å². The van der Waals surface area contributed by atoms with Crippen molar-refractivity contribution in [3.8, 4) is 12.3 Å². The van der Waals surface area contributed by atoms with Gasteiger partial charge in [0.05, 0.1) is 18.2 Å². The molecule has 1 heterocycles. The molecule has 0 saturated carbocycles. The zero-order chi connectivity index (χ0) is 21.8. The molecule has 3 rings (SSSR count). The van der Waals surface area contributed by atoms with Gasteiger partial charge in [-0.2, -0.15) is 0 Å². The summed E-state index contributed by atoms with van der Waals surface area (Å²) in [6, 6.07) is 9.62. The molecular weight excluding hydrogens is 392 g/mol. The highest BCUT2D eigenvalue weighted by molar-refractivity contribution is 6.01. The van der Waals surface area contributed by atoms with E-state index in [0.717, 1.165) is 17.0 Å². The Labute approximate surface area is 172 Å². The summed E-state index contributed by atoms with van der Waals surface area (Å²) in [5, 5.41) is 2.66. The molecule has 154 valence electrons. The fraction of sp³-hybridized carbons (Fsp3) is 0.227. The van der Waals surface area contributed by atoms with Gasteiger partial charge in [-0.15, -0.1) is 6.42 Å². The number of benzene rings is 2. The number of amides is 3. The van der Waals surface area contributed by atoms with E-state index >= 15 is 0 Å². The summed E-state index contributed by atoms with van der Waals surface area (Å²) in [6.07, 6.45) is 5.21. The maximum atomic E-state index is 14.0. The monoisotopic (exact) mass is 411 g/mol. The summed E-state index contributed by atoms with van der Waals surface area (Å²) in [5.41, 5.74) is 1.03. The van der Waals surface area contributed by atoms with Crippen LogP contribution in [0.15, 0.2) is 42.5 Å². The fourth-order valence-corrected chi connectivity index (χ4v) is 3.30. The van der Waals surface area contributed by atoms with E-state index in [9.17, 15) is 23.2 Å². The summed E-state index contributed by atoms with van der Waals surface area (Å²) >= 11 is 0. The van der Waals surface area contributed by atoms with E-state index in [4.69, 9.17) is 6.42 Å². The normalized spacial score (nSPS) is 15.6. The molecule has 0 aromatic heterocycles. The van der Waals surface area contributed by atoms with E-state index in [0.29, 0.717) is 17.3 Å². The summed E-state index contributed by atoms with van der Waals surface area (Å²) in [4.78, 5) is 39.5. The smallest absolute Gasteiger partial charge is 0.243 e. The quantitative estimate of drug-likeness (QED) is 0.769. The summed E-state index contributed by atoms with van der Waals surface area (Å²) in [5.74, 6) is -1.18. The van der Waals surface area contributed by atoms with Gasteiger partial charge in [0.2, 0.25) is 17.7 Å². The van der Waals surface area contributed by atoms with Gasteiger partial charge in [0, 0.05) is 37.3 Å². The molecule has 3 amide bonds. The predicted octanol–water partition coefficient (Wildman–Crippen LogP) is 2.40. The maximum Gasteiger partial charge on any atom is 0.243 e. The SMILES string of the molecule is C#Cc1cccc(NC(=O)CN(C)C(=O)C2CC(=O)N(c3ccc(F)cc3F)C2)c1. The van der Waals surface area contributed by atoms with Gasteiger partial charge in [-0.1, -0.05) is 12.0 Å². The fourth-order valence-electron chi connectivity index (χ4n) is 3.30. The minimum absolute atomic E-state index is 0.0452. The van der Waals surface area contributed by atoms with Gasteiger partial charge in [-0.25, -0.2) is 8.78 Å². The van der Waals surface area contributed by atoms with Gasteiger partial charge >= 0.3 is 0 Å². The number of carbonyl (C=O) groups excluding carboxylic acids is 3. The number of halogens is 2. The standard InChI is InChI=1S/C22H19F2N3O3/c1-3-14-5-4-6-17(9-14)25-20(28)13-26(2)22(30)15-10-21(29)27(12-15)19-8-7-16(23)11-18(19)24/h1,4-9,11,15H,10,12-13H2,2H3,(H,25,28). The van der Waals surface area contributed by atoms with Crippen LogP contribution in [0.4, 0.5) is 20.2 Å². The molecule has 1 aliphatic rings. The van der Waals surface area contributed by atoms with Crippen LogP contribution in [0.1, 0.15) is 12.0 Å². The molecule has 1 fully saturated rings. The second kappa shape index (κ2) is 8.74. The van der Waals surface area contributed by atoms with Crippen LogP contribution in [-0.2, 0) is 14.4 Å². The number of hydrogen-bond acceptors (Lipinski definition) is 3. The molecule has 0 spiro atoms. The third-order valence-corrected chi connectivity index (χ3v) is 4.74. The number of likely N-dealkylation sites (N-methyl/N-ethyl adjacent to an activating group) is 1. The first-order chi connectivity index (χ1) is 14.3. The molecule has 1 N–H and O–H groups in total. The van der Waals surface area contributed by atoms with Crippen molar-refractivity contribution in [2.24, 2.45) is 5.92 Å². The Bertz CT molecular complexity index is 1050. The lowest BCUT2D eigenvalue weighted by Gasteiger charge is -2.21. The Morgan fingerprint density at radius 2 is 2.03 bits per heavy atom. The Kier molecular flexibility index (Phi) is 6.11. The zero-order valence-electron chi connectivity index (χ0n) is 16.2. The minimum Gasteiger partial charge on any atom is -0.336 e. The molecule has 0 bridgehead atoms. The molecule has 2 aromatic carbocycles. The topological polar surface area (TPSA) is 69.7 Å². The van der Waals surface area contributed by atoms with Gasteiger partial charge in [0.15, 0.2) is 0 Å². The third-order valence-electron chi connectivity index (χ3n) is 4.74. The van der Waals surface area contributed by atoms with Crippen LogP contribution in [0.25, 0.3) is 0 Å². The lowest BCUT2D eigenvalue weighted by atomic mass is 10.1. The molecule has 2 aromatic rings. The van der Waals surface area contributed by atoms with Crippen molar-refractivity contribution in [1.82, 2.24) is 4.90 Å². The van der Waals surface area contributed by atoms with Crippen molar-refractivity contribution in [2.75, 3.05) is 30.4 Å². The highest BCUT2D eigenvalue weighted by atomic mass is 19.1. The van der Waals surface area contributed by atoms with Crippen LogP contribution in [0.2, 0.25) is 0 Å². The van der Waals surface area contributed by atoms with Crippen molar-refractivity contribution in [3.63, 3.8) is 0 Å². The first-order valence-corrected chi connectivity index (χ1v) is 9.15. The van der Waals surface area contributed by atoms with Crippen LogP contribution < -0.4 is 10.2 Å². The first kappa shape index (κ1) is 21.0. The highest BCUT2D eigenvalue weighted by Gasteiger charge is 2.37. The number of hydrogen-bond donors (Lipinski definition) is 1. The molecule has 1 unspecified atom stereocenters. The summed E-state index contributed by atoms with van der Waals surface area (Å²) < 4.78 is 27.1.